The topological polar surface area (TPSA) is 167 Å². The summed E-state index contributed by atoms with van der Waals surface area (Å²) in [5.41, 5.74) is 2.30. The highest BCUT2D eigenvalue weighted by Crippen LogP contribution is 2.51. The molecule has 1 unspecified atom stereocenters. The van der Waals surface area contributed by atoms with Gasteiger partial charge in [0.15, 0.2) is 17.0 Å². The molecule has 1 atom stereocenters. The maximum Gasteiger partial charge on any atom is 0.475 e. The summed E-state index contributed by atoms with van der Waals surface area (Å²) in [5, 5.41) is 2.87. The van der Waals surface area contributed by atoms with Crippen molar-refractivity contribution in [3.8, 4) is 0 Å². The SMILES string of the molecule is CNc1nc(Cl)nc2c1ncn2CC(COP(=O)(O)O)COP(=O)(OCc1ccccc1)OCc1ccccc1. The van der Waals surface area contributed by atoms with Gasteiger partial charge in [0.25, 0.3) is 0 Å². The number of fused-ring (bicyclic) bond motifs is 1. The fourth-order valence-corrected chi connectivity index (χ4v) is 5.42. The number of phosphoric ester groups is 2. The molecule has 0 bridgehead atoms. The van der Waals surface area contributed by atoms with Crippen LogP contribution in [0.15, 0.2) is 67.0 Å². The Morgan fingerprint density at radius 2 is 1.48 bits per heavy atom. The number of imidazole rings is 1. The number of hydrogen-bond acceptors (Lipinski definition) is 10. The maximum atomic E-state index is 13.7. The lowest BCUT2D eigenvalue weighted by molar-refractivity contribution is 0.0725. The van der Waals surface area contributed by atoms with E-state index >= 15 is 0 Å². The molecular formula is C24H28ClN5O8P2. The minimum absolute atomic E-state index is 0.0222. The van der Waals surface area contributed by atoms with Crippen LogP contribution in [0.25, 0.3) is 11.2 Å². The van der Waals surface area contributed by atoms with Crippen molar-refractivity contribution in [2.24, 2.45) is 5.92 Å². The van der Waals surface area contributed by atoms with Crippen molar-refractivity contribution in [2.45, 2.75) is 19.8 Å². The highest BCUT2D eigenvalue weighted by atomic mass is 35.5. The van der Waals surface area contributed by atoms with Crippen molar-refractivity contribution in [1.29, 1.82) is 0 Å². The molecule has 4 rings (SSSR count). The molecule has 2 aromatic carbocycles. The Labute approximate surface area is 235 Å². The van der Waals surface area contributed by atoms with Crippen LogP contribution in [-0.4, -0.2) is 49.6 Å². The molecule has 0 amide bonds. The molecule has 0 saturated carbocycles. The first-order valence-electron chi connectivity index (χ1n) is 12.0. The lowest BCUT2D eigenvalue weighted by Crippen LogP contribution is -2.21. The normalized spacial score (nSPS) is 13.0. The first-order chi connectivity index (χ1) is 19.1. The summed E-state index contributed by atoms with van der Waals surface area (Å²) in [6, 6.07) is 18.1. The summed E-state index contributed by atoms with van der Waals surface area (Å²) >= 11 is 6.05. The lowest BCUT2D eigenvalue weighted by Gasteiger charge is -2.22. The van der Waals surface area contributed by atoms with Gasteiger partial charge in [0.2, 0.25) is 5.28 Å². The lowest BCUT2D eigenvalue weighted by atomic mass is 10.2. The van der Waals surface area contributed by atoms with Gasteiger partial charge in [-0.05, 0) is 22.7 Å². The van der Waals surface area contributed by atoms with Gasteiger partial charge in [-0.2, -0.15) is 9.97 Å². The molecule has 0 aliphatic carbocycles. The summed E-state index contributed by atoms with van der Waals surface area (Å²) in [6.07, 6.45) is 1.47. The van der Waals surface area contributed by atoms with Crippen LogP contribution < -0.4 is 5.32 Å². The molecular weight excluding hydrogens is 584 g/mol. The van der Waals surface area contributed by atoms with E-state index in [4.69, 9.17) is 29.7 Å². The fraction of sp³-hybridized carbons (Fsp3) is 0.292. The van der Waals surface area contributed by atoms with Crippen molar-refractivity contribution >= 4 is 44.2 Å². The zero-order valence-corrected chi connectivity index (χ0v) is 23.9. The zero-order chi connectivity index (χ0) is 28.6. The Kier molecular flexibility index (Phi) is 10.4. The molecule has 40 heavy (non-hydrogen) atoms. The molecule has 16 heteroatoms. The molecule has 13 nitrogen and oxygen atoms in total. The van der Waals surface area contributed by atoms with Gasteiger partial charge >= 0.3 is 15.6 Å². The molecule has 214 valence electrons. The van der Waals surface area contributed by atoms with Crippen LogP contribution in [0.4, 0.5) is 5.82 Å². The van der Waals surface area contributed by atoms with Crippen LogP contribution in [0.5, 0.6) is 0 Å². The minimum Gasteiger partial charge on any atom is -0.371 e. The van der Waals surface area contributed by atoms with Crippen LogP contribution >= 0.6 is 27.2 Å². The van der Waals surface area contributed by atoms with Crippen LogP contribution in [-0.2, 0) is 47.0 Å². The van der Waals surface area contributed by atoms with E-state index in [-0.39, 0.29) is 31.6 Å². The third-order valence-electron chi connectivity index (χ3n) is 5.54. The van der Waals surface area contributed by atoms with Gasteiger partial charge in [-0.1, -0.05) is 60.7 Å². The van der Waals surface area contributed by atoms with Crippen molar-refractivity contribution in [3.05, 3.63) is 83.4 Å². The first-order valence-corrected chi connectivity index (χ1v) is 15.4. The number of phosphoric acid groups is 2. The quantitative estimate of drug-likeness (QED) is 0.124. The second-order valence-corrected chi connectivity index (χ2v) is 11.8. The number of anilines is 1. The molecule has 0 radical (unpaired) electrons. The van der Waals surface area contributed by atoms with Crippen molar-refractivity contribution in [1.82, 2.24) is 19.5 Å². The largest absolute Gasteiger partial charge is 0.475 e. The average Bonchev–Trinajstić information content (AvgIpc) is 3.35. The van der Waals surface area contributed by atoms with E-state index in [0.29, 0.717) is 17.0 Å². The molecule has 0 aliphatic rings. The van der Waals surface area contributed by atoms with Crippen molar-refractivity contribution in [2.75, 3.05) is 25.6 Å². The third kappa shape index (κ3) is 8.90. The van der Waals surface area contributed by atoms with E-state index in [2.05, 4.69) is 20.3 Å². The summed E-state index contributed by atoms with van der Waals surface area (Å²) in [6.45, 7) is -0.794. The average molecular weight is 612 g/mol. The molecule has 0 aliphatic heterocycles. The van der Waals surface area contributed by atoms with Gasteiger partial charge < -0.3 is 19.7 Å². The third-order valence-corrected chi connectivity index (χ3v) is 7.55. The second-order valence-electron chi connectivity index (χ2n) is 8.57. The number of benzene rings is 2. The predicted octanol–water partition coefficient (Wildman–Crippen LogP) is 4.81. The molecule has 0 saturated heterocycles. The number of aromatic nitrogens is 4. The number of halogens is 1. The fourth-order valence-electron chi connectivity index (χ4n) is 3.62. The molecule has 4 aromatic rings. The van der Waals surface area contributed by atoms with E-state index in [1.54, 1.807) is 35.9 Å². The summed E-state index contributed by atoms with van der Waals surface area (Å²) in [5.74, 6) is -0.341. The van der Waals surface area contributed by atoms with Crippen LogP contribution in [0, 0.1) is 5.92 Å². The van der Waals surface area contributed by atoms with Crippen molar-refractivity contribution in [3.63, 3.8) is 0 Å². The van der Waals surface area contributed by atoms with E-state index in [1.165, 1.54) is 6.33 Å². The first kappa shape index (κ1) is 30.3. The van der Waals surface area contributed by atoms with E-state index < -0.39 is 28.2 Å². The Morgan fingerprint density at radius 1 is 0.900 bits per heavy atom. The smallest absolute Gasteiger partial charge is 0.371 e. The highest BCUT2D eigenvalue weighted by molar-refractivity contribution is 7.48. The number of hydrogen-bond donors (Lipinski definition) is 3. The summed E-state index contributed by atoms with van der Waals surface area (Å²) in [4.78, 5) is 31.2. The van der Waals surface area contributed by atoms with Gasteiger partial charge in [-0.3, -0.25) is 18.1 Å². The van der Waals surface area contributed by atoms with Gasteiger partial charge in [0.1, 0.15) is 0 Å². The van der Waals surface area contributed by atoms with Crippen molar-refractivity contribution < 1.29 is 37.0 Å². The molecule has 2 heterocycles. The van der Waals surface area contributed by atoms with Gasteiger partial charge in [-0.25, -0.2) is 14.1 Å². The Hall–Kier alpha value is -2.70. The molecule has 2 aromatic heterocycles. The minimum atomic E-state index is -4.82. The Morgan fingerprint density at radius 3 is 2.02 bits per heavy atom. The Balaban J connectivity index is 1.53. The van der Waals surface area contributed by atoms with E-state index in [9.17, 15) is 18.9 Å². The Bertz CT molecular complexity index is 1440. The zero-order valence-electron chi connectivity index (χ0n) is 21.4. The molecule has 0 spiro atoms. The van der Waals surface area contributed by atoms with E-state index in [0.717, 1.165) is 11.1 Å². The van der Waals surface area contributed by atoms with Gasteiger partial charge in [0, 0.05) is 19.5 Å². The van der Waals surface area contributed by atoms with Gasteiger partial charge in [0.05, 0.1) is 32.8 Å². The van der Waals surface area contributed by atoms with Crippen LogP contribution in [0.1, 0.15) is 11.1 Å². The van der Waals surface area contributed by atoms with E-state index in [1.807, 2.05) is 36.4 Å². The number of nitrogens with zero attached hydrogens (tertiary/aromatic N) is 4. The maximum absolute atomic E-state index is 13.7. The summed E-state index contributed by atoms with van der Waals surface area (Å²) in [7, 11) is -7.32. The number of rotatable bonds is 15. The highest BCUT2D eigenvalue weighted by Gasteiger charge is 2.30. The second kappa shape index (κ2) is 13.8. The van der Waals surface area contributed by atoms with Crippen LogP contribution in [0.2, 0.25) is 5.28 Å². The standard InChI is InChI=1S/C24H28ClN5O8P2/c1-26-22-21-23(29-24(25)28-22)30(17-27-21)12-20(15-35-39(31,32)33)16-38-40(34,36-13-18-8-4-2-5-9-18)37-14-19-10-6-3-7-11-19/h2-11,17,20H,12-16H2,1H3,(H,26,28,29)(H2,31,32,33). The predicted molar refractivity (Wildman–Crippen MR) is 147 cm³/mol. The number of nitrogens with one attached hydrogen (secondary N) is 1. The van der Waals surface area contributed by atoms with Crippen LogP contribution in [0.3, 0.4) is 0 Å². The monoisotopic (exact) mass is 611 g/mol. The molecule has 0 fully saturated rings. The van der Waals surface area contributed by atoms with Gasteiger partial charge in [-0.15, -0.1) is 0 Å². The molecule has 3 N–H and O–H groups in total. The summed E-state index contributed by atoms with van der Waals surface area (Å²) < 4.78 is 48.5.